The smallest absolute Gasteiger partial charge is 0.296 e. The molecule has 76 heavy (non-hydrogen) atoms. The molecule has 0 atom stereocenters. The van der Waals surface area contributed by atoms with E-state index < -0.39 is 106 Å². The van der Waals surface area contributed by atoms with E-state index in [4.69, 9.17) is 20.9 Å². The third kappa shape index (κ3) is 17.1. The van der Waals surface area contributed by atoms with Gasteiger partial charge in [0.05, 0.1) is 36.2 Å². The molecule has 0 saturated carbocycles. The normalized spacial score (nSPS) is 13.7. The summed E-state index contributed by atoms with van der Waals surface area (Å²) in [6.45, 7) is 7.67. The molecule has 2 aliphatic rings. The number of benzene rings is 6. The summed E-state index contributed by atoms with van der Waals surface area (Å²) in [4.78, 5) is -3.57. The van der Waals surface area contributed by atoms with Crippen molar-refractivity contribution in [2.75, 3.05) is 64.1 Å². The summed E-state index contributed by atoms with van der Waals surface area (Å²) in [5.41, 5.74) is 8.99. The van der Waals surface area contributed by atoms with Crippen molar-refractivity contribution < 1.29 is 116 Å². The maximum Gasteiger partial charge on any atom is 0.296 e. The first-order chi connectivity index (χ1) is 32.8. The molecule has 30 N–H and O–H groups in total. The van der Waals surface area contributed by atoms with E-state index in [2.05, 4.69) is 31.1 Å². The maximum atomic E-state index is 12.2. The summed E-state index contributed by atoms with van der Waals surface area (Å²) < 4.78 is 144. The second-order valence-corrected chi connectivity index (χ2v) is 20.4. The minimum atomic E-state index is -5.17. The quantitative estimate of drug-likeness (QED) is 0.0332. The van der Waals surface area contributed by atoms with E-state index in [1.54, 1.807) is 0 Å². The predicted molar refractivity (Wildman–Crippen MR) is 274 cm³/mol. The number of nitrogens with two attached hydrogens (primary N) is 2. The Morgan fingerprint density at radius 3 is 1.00 bits per heavy atom. The van der Waals surface area contributed by atoms with E-state index in [0.717, 1.165) is 101 Å². The second kappa shape index (κ2) is 28.5. The Morgan fingerprint density at radius 2 is 0.763 bits per heavy atom. The molecular formula is C40H58Cu2N12O18S4+4. The van der Waals surface area contributed by atoms with E-state index >= 15 is 0 Å². The van der Waals surface area contributed by atoms with Crippen LogP contribution in [0.15, 0.2) is 113 Å². The number of morpholine rings is 2. The zero-order valence-corrected chi connectivity index (χ0v) is 45.6. The molecule has 0 spiro atoms. The number of nitrogen functional groups attached to an aromatic ring is 2. The Bertz CT molecular complexity index is 3300. The molecule has 0 aliphatic carbocycles. The molecule has 2 fully saturated rings. The summed E-state index contributed by atoms with van der Waals surface area (Å²) in [6.07, 6.45) is 0. The first kappa shape index (κ1) is 70.2. The number of nitrogens with zero attached hydrogens (tertiary/aromatic N) is 4. The minimum absolute atomic E-state index is 0. The van der Waals surface area contributed by atoms with Crippen LogP contribution in [0, 0.1) is 0 Å². The number of aromatic hydroxyl groups is 4. The number of phenolic OH excluding ortho intramolecular Hbond substituents is 4. The summed E-state index contributed by atoms with van der Waals surface area (Å²) in [5, 5.41) is 63.2. The fourth-order valence-electron chi connectivity index (χ4n) is 6.68. The average Bonchev–Trinajstić information content (AvgIpc) is 3.29. The fraction of sp³-hybridized carbons (Fsp3) is 0.200. The number of ether oxygens (including phenoxy) is 2. The van der Waals surface area contributed by atoms with Crippen molar-refractivity contribution in [2.45, 2.75) is 19.6 Å². The Morgan fingerprint density at radius 1 is 0.447 bits per heavy atom. The number of azo groups is 2. The number of quaternary nitrogens is 4. The van der Waals surface area contributed by atoms with Crippen LogP contribution in [-0.4, -0.2) is 125 Å². The van der Waals surface area contributed by atoms with Crippen LogP contribution in [0.4, 0.5) is 34.1 Å². The monoisotopic (exact) mass is 1250 g/mol. The number of hydrogen-bond acceptors (Lipinski definition) is 22. The van der Waals surface area contributed by atoms with Gasteiger partial charge < -0.3 is 76.6 Å². The first-order valence-electron chi connectivity index (χ1n) is 19.9. The SMILES string of the molecule is C1COCCN1.C1COCCN1.Nc1cc(S(=O)(=O)O)cc2cc(S(=O)(=O)O)c(N=Nc3ccc(-c4ccc(N=Nc5c(S(=O)(=O)O)cc6cc(S(=O)(=O)O)cc(N)c6c5O)c(O)c4)cc3O)c(O)c12.[Cu].[Cu].[NH4+].[NH4+].[NH4+].[NH4+]. The molecule has 30 nitrogen and oxygen atoms in total. The van der Waals surface area contributed by atoms with Crippen molar-refractivity contribution in [3.05, 3.63) is 72.8 Å². The van der Waals surface area contributed by atoms with E-state index in [-0.39, 0.29) is 103 Å². The Labute approximate surface area is 455 Å². The zero-order chi connectivity index (χ0) is 51.3. The first-order valence-corrected chi connectivity index (χ1v) is 25.7. The third-order valence-corrected chi connectivity index (χ3v) is 13.3. The van der Waals surface area contributed by atoms with Crippen molar-refractivity contribution >= 4 is 96.1 Å². The fourth-order valence-corrected chi connectivity index (χ4v) is 9.10. The number of nitrogens with one attached hydrogen (secondary N) is 2. The van der Waals surface area contributed by atoms with Crippen molar-refractivity contribution in [3.8, 4) is 34.1 Å². The van der Waals surface area contributed by atoms with Gasteiger partial charge >= 0.3 is 0 Å². The Hall–Kier alpha value is -5.80. The van der Waals surface area contributed by atoms with Gasteiger partial charge in [-0.25, -0.2) is 0 Å². The van der Waals surface area contributed by atoms with Crippen LogP contribution in [0.3, 0.4) is 0 Å². The van der Waals surface area contributed by atoms with Gasteiger partial charge in [0.15, 0.2) is 11.5 Å². The molecule has 0 unspecified atom stereocenters. The second-order valence-electron chi connectivity index (χ2n) is 14.8. The minimum Gasteiger partial charge on any atom is -0.506 e. The largest absolute Gasteiger partial charge is 0.506 e. The molecule has 2 radical (unpaired) electrons. The summed E-state index contributed by atoms with van der Waals surface area (Å²) >= 11 is 0. The molecule has 36 heteroatoms. The van der Waals surface area contributed by atoms with Crippen molar-refractivity contribution in [1.82, 2.24) is 35.2 Å². The summed E-state index contributed by atoms with van der Waals surface area (Å²) in [7, 11) is -20.0. The summed E-state index contributed by atoms with van der Waals surface area (Å²) in [6, 6.07) is 11.9. The average molecular weight is 1250 g/mol. The Kier molecular flexibility index (Phi) is 26.4. The predicted octanol–water partition coefficient (Wildman–Crippen LogP) is 6.18. The van der Waals surface area contributed by atoms with E-state index in [1.165, 1.54) is 24.3 Å². The molecule has 8 rings (SSSR count). The van der Waals surface area contributed by atoms with Crippen LogP contribution in [-0.2, 0) is 84.1 Å². The number of phenols is 4. The van der Waals surface area contributed by atoms with Gasteiger partial charge in [-0.2, -0.15) is 33.7 Å². The van der Waals surface area contributed by atoms with Gasteiger partial charge in [-0.1, -0.05) is 12.1 Å². The number of rotatable bonds is 9. The molecule has 0 amide bonds. The zero-order valence-electron chi connectivity index (χ0n) is 40.4. The van der Waals surface area contributed by atoms with E-state index in [9.17, 15) is 72.3 Å². The number of anilines is 2. The van der Waals surface area contributed by atoms with Crippen molar-refractivity contribution in [2.24, 2.45) is 20.5 Å². The van der Waals surface area contributed by atoms with Gasteiger partial charge in [-0.3, -0.25) is 18.2 Å². The standard InChI is InChI=1S/C32H24N6O16S4.2C4H9NO.2Cu.4H3N/c33-19-11-17(55(43,44)45)5-15-9-25(57(49,50)51)29(31(41)27(15)19)37-35-21-3-1-13(7-23(21)39)14-2-4-22(24(40)8-14)36-38-30-26(58(52,53)54)10-16-6-18(56(46,47)48)12-20(34)28(16)32(30)42;2*1-3-6-4-2-5-1;;;;;;/h1-12,39-42H,33-34H2,(H,43,44,45)(H,46,47,48)(H,49,50,51)(H,52,53,54);2*5H,1-4H2;;;4*1H3/p+4. The number of hydrogen-bond donors (Lipinski definition) is 16. The molecule has 6 aromatic carbocycles. The molecule has 428 valence electrons. The van der Waals surface area contributed by atoms with Crippen LogP contribution < -0.4 is 46.7 Å². The summed E-state index contributed by atoms with van der Waals surface area (Å²) in [5.74, 6) is -3.08. The van der Waals surface area contributed by atoms with E-state index in [0.29, 0.717) is 0 Å². The molecule has 2 aliphatic heterocycles. The van der Waals surface area contributed by atoms with Crippen LogP contribution >= 0.6 is 0 Å². The molecule has 0 aromatic heterocycles. The van der Waals surface area contributed by atoms with Gasteiger partial charge in [-0.15, -0.1) is 20.5 Å². The third-order valence-electron chi connectivity index (χ3n) is 9.95. The van der Waals surface area contributed by atoms with Crippen LogP contribution in [0.2, 0.25) is 0 Å². The van der Waals surface area contributed by atoms with Crippen molar-refractivity contribution in [3.63, 3.8) is 0 Å². The molecular weight excluding hydrogens is 1190 g/mol. The van der Waals surface area contributed by atoms with Gasteiger partial charge in [0, 0.05) is 82.5 Å². The Balaban J connectivity index is 0.00000275. The molecule has 2 saturated heterocycles. The molecule has 0 bridgehead atoms. The van der Waals surface area contributed by atoms with Crippen molar-refractivity contribution in [1.29, 1.82) is 0 Å². The molecule has 2 heterocycles. The number of fused-ring (bicyclic) bond motifs is 2. The van der Waals surface area contributed by atoms with E-state index in [1.807, 2.05) is 0 Å². The van der Waals surface area contributed by atoms with Gasteiger partial charge in [0.25, 0.3) is 40.5 Å². The van der Waals surface area contributed by atoms with Gasteiger partial charge in [0.2, 0.25) is 0 Å². The topological polar surface area (TPSA) is 588 Å². The van der Waals surface area contributed by atoms with Crippen LogP contribution in [0.1, 0.15) is 0 Å². The van der Waals surface area contributed by atoms with Crippen LogP contribution in [0.5, 0.6) is 23.0 Å². The maximum absolute atomic E-state index is 12.2. The molecule has 6 aromatic rings. The van der Waals surface area contributed by atoms with Crippen LogP contribution in [0.25, 0.3) is 32.7 Å². The van der Waals surface area contributed by atoms with Gasteiger partial charge in [0.1, 0.15) is 44.0 Å². The van der Waals surface area contributed by atoms with Gasteiger partial charge in [-0.05, 0) is 82.6 Å².